The number of alkyl halides is 1. The van der Waals surface area contributed by atoms with Gasteiger partial charge in [0.15, 0.2) is 5.78 Å². The van der Waals surface area contributed by atoms with Crippen LogP contribution in [0.25, 0.3) is 0 Å². The van der Waals surface area contributed by atoms with Gasteiger partial charge in [0.2, 0.25) is 0 Å². The molecule has 2 aromatic carbocycles. The second-order valence-electron chi connectivity index (χ2n) is 20.7. The summed E-state index contributed by atoms with van der Waals surface area (Å²) in [4.78, 5) is 27.3. The van der Waals surface area contributed by atoms with Crippen LogP contribution >= 0.6 is 0 Å². The molecule has 0 heterocycles. The summed E-state index contributed by atoms with van der Waals surface area (Å²) in [5.74, 6) is 1.63. The van der Waals surface area contributed by atoms with E-state index in [1.807, 2.05) is 36.4 Å². The summed E-state index contributed by atoms with van der Waals surface area (Å²) in [5, 5.41) is 0. The number of esters is 1. The number of ether oxygens (including phenoxy) is 1. The number of carbonyl (C=O) groups excluding carboxylic acids is 2. The largest absolute Gasteiger partial charge is 0.461 e. The Balaban J connectivity index is 1.07. The predicted octanol–water partition coefficient (Wildman–Crippen LogP) is 12.7. The number of ketones is 1. The van der Waals surface area contributed by atoms with Crippen LogP contribution in [-0.2, 0) is 16.0 Å². The lowest BCUT2D eigenvalue weighted by Crippen LogP contribution is -2.64. The monoisotopic (exact) mass is 744 g/mol. The minimum atomic E-state index is -0.394. The highest BCUT2D eigenvalue weighted by molar-refractivity contribution is 6.01. The summed E-state index contributed by atoms with van der Waals surface area (Å²) in [6.45, 7) is 17.3. The highest BCUT2D eigenvalue weighted by Crippen LogP contribution is 2.77. The molecule has 0 aromatic heterocycles. The van der Waals surface area contributed by atoms with E-state index in [1.54, 1.807) is 0 Å². The van der Waals surface area contributed by atoms with Gasteiger partial charge in [0.25, 0.3) is 0 Å². The minimum absolute atomic E-state index is 0.0443. The van der Waals surface area contributed by atoms with Gasteiger partial charge in [-0.3, -0.25) is 9.18 Å². The fourth-order valence-electron chi connectivity index (χ4n) is 14.5. The van der Waals surface area contributed by atoms with Crippen molar-refractivity contribution in [3.05, 3.63) is 106 Å². The predicted molar refractivity (Wildman–Crippen MR) is 220 cm³/mol. The van der Waals surface area contributed by atoms with Crippen LogP contribution < -0.4 is 0 Å². The van der Waals surface area contributed by atoms with Gasteiger partial charge in [-0.05, 0) is 156 Å². The SMILES string of the molecule is CC(C)C1=C2[C@H]3CC[C@@H]4[C@@]5(C)CC=C(C6=CC[C@](CF)(Cc7ccccc7)CC6)C(C)(C)[C@@H]5CC[C@@]4(C)[C@]3(C)CC[C@@]2(COC(=O)c2ccccc2)CC1=O. The van der Waals surface area contributed by atoms with Crippen LogP contribution in [0.1, 0.15) is 135 Å². The molecule has 8 rings (SSSR count). The summed E-state index contributed by atoms with van der Waals surface area (Å²) in [6, 6.07) is 19.8. The zero-order valence-corrected chi connectivity index (χ0v) is 34.7. The normalized spacial score (nSPS) is 38.0. The highest BCUT2D eigenvalue weighted by atomic mass is 19.1. The third-order valence-corrected chi connectivity index (χ3v) is 17.4. The number of allylic oxidation sites excluding steroid dienone is 5. The highest BCUT2D eigenvalue weighted by Gasteiger charge is 2.69. The van der Waals surface area contributed by atoms with Gasteiger partial charge in [-0.2, -0.15) is 0 Å². The van der Waals surface area contributed by atoms with Crippen molar-refractivity contribution >= 4 is 11.8 Å². The molecule has 0 radical (unpaired) electrons. The van der Waals surface area contributed by atoms with Gasteiger partial charge in [-0.25, -0.2) is 4.79 Å². The second-order valence-corrected chi connectivity index (χ2v) is 20.7. The van der Waals surface area contributed by atoms with Crippen molar-refractivity contribution in [3.63, 3.8) is 0 Å². The van der Waals surface area contributed by atoms with E-state index in [4.69, 9.17) is 4.74 Å². The number of rotatable bonds is 8. The number of benzene rings is 2. The fourth-order valence-corrected chi connectivity index (χ4v) is 14.5. The Labute approximate surface area is 330 Å². The lowest BCUT2D eigenvalue weighted by Gasteiger charge is -2.71. The number of halogens is 1. The first-order valence-electron chi connectivity index (χ1n) is 21.6. The molecular formula is C51H65FO3. The first-order chi connectivity index (χ1) is 26.1. The quantitative estimate of drug-likeness (QED) is 0.253. The van der Waals surface area contributed by atoms with Crippen molar-refractivity contribution in [1.82, 2.24) is 0 Å². The van der Waals surface area contributed by atoms with E-state index in [-0.39, 0.29) is 51.4 Å². The van der Waals surface area contributed by atoms with Crippen molar-refractivity contribution in [2.75, 3.05) is 13.3 Å². The number of hydrogen-bond donors (Lipinski definition) is 0. The molecule has 0 aliphatic heterocycles. The number of Topliss-reactive ketones (excluding diaryl/α,β-unsaturated/α-hetero) is 1. The molecule has 2 aromatic rings. The van der Waals surface area contributed by atoms with E-state index in [1.165, 1.54) is 41.5 Å². The van der Waals surface area contributed by atoms with Crippen LogP contribution in [0.15, 0.2) is 95.1 Å². The molecule has 0 saturated heterocycles. The maximum absolute atomic E-state index is 14.8. The Morgan fingerprint density at radius 1 is 0.818 bits per heavy atom. The molecule has 0 bridgehead atoms. The molecule has 6 aliphatic carbocycles. The second kappa shape index (κ2) is 13.7. The molecule has 4 heteroatoms. The number of hydrogen-bond acceptors (Lipinski definition) is 3. The summed E-state index contributed by atoms with van der Waals surface area (Å²) in [5.41, 5.74) is 6.96. The molecule has 0 spiro atoms. The van der Waals surface area contributed by atoms with E-state index in [0.29, 0.717) is 36.3 Å². The van der Waals surface area contributed by atoms with Gasteiger partial charge in [-0.1, -0.05) is 109 Å². The molecule has 294 valence electrons. The summed E-state index contributed by atoms with van der Waals surface area (Å²) in [6.07, 6.45) is 16.8. The van der Waals surface area contributed by atoms with Crippen LogP contribution in [-0.4, -0.2) is 25.0 Å². The van der Waals surface area contributed by atoms with Gasteiger partial charge in [0, 0.05) is 17.3 Å². The molecule has 0 unspecified atom stereocenters. The average Bonchev–Trinajstić information content (AvgIpc) is 3.47. The molecule has 0 amide bonds. The topological polar surface area (TPSA) is 43.4 Å². The smallest absolute Gasteiger partial charge is 0.338 e. The Hall–Kier alpha value is -3.27. The Morgan fingerprint density at radius 3 is 2.18 bits per heavy atom. The van der Waals surface area contributed by atoms with Crippen LogP contribution in [0.5, 0.6) is 0 Å². The third kappa shape index (κ3) is 5.91. The van der Waals surface area contributed by atoms with Gasteiger partial charge in [-0.15, -0.1) is 0 Å². The third-order valence-electron chi connectivity index (χ3n) is 17.4. The lowest BCUT2D eigenvalue weighted by molar-refractivity contribution is -0.200. The standard InChI is InChI=1S/C51H65FO3/c1-34(2)43-40(53)31-51(33-55-45(54)37-16-12-9-13-17-37)29-28-48(6)39(44(43)51)18-19-42-47(5)24-22-38(46(3,4)41(47)23-25-49(42,48)7)36-20-26-50(32-52,27-21-36)30-35-14-10-8-11-15-35/h8-17,20,22,34,39,41-42H,18-19,21,23-33H2,1-7H3/t39-,41+,42-,47+,48-,49-,50-,51+/m1/s1. The van der Waals surface area contributed by atoms with Crippen LogP contribution in [0.3, 0.4) is 0 Å². The van der Waals surface area contributed by atoms with Crippen molar-refractivity contribution in [2.24, 2.45) is 56.2 Å². The van der Waals surface area contributed by atoms with E-state index < -0.39 is 5.41 Å². The van der Waals surface area contributed by atoms with Crippen molar-refractivity contribution in [3.8, 4) is 0 Å². The Morgan fingerprint density at radius 2 is 1.53 bits per heavy atom. The van der Waals surface area contributed by atoms with E-state index in [0.717, 1.165) is 56.9 Å². The van der Waals surface area contributed by atoms with Gasteiger partial charge in [0.05, 0.1) is 12.2 Å². The molecule has 8 atom stereocenters. The summed E-state index contributed by atoms with van der Waals surface area (Å²) in [7, 11) is 0. The average molecular weight is 745 g/mol. The molecule has 55 heavy (non-hydrogen) atoms. The molecule has 3 saturated carbocycles. The zero-order chi connectivity index (χ0) is 39.0. The lowest BCUT2D eigenvalue weighted by atomic mass is 9.33. The fraction of sp³-hybridized carbons (Fsp3) is 0.608. The Kier molecular flexibility index (Phi) is 9.61. The van der Waals surface area contributed by atoms with Crippen LogP contribution in [0.2, 0.25) is 0 Å². The maximum atomic E-state index is 14.8. The summed E-state index contributed by atoms with van der Waals surface area (Å²) < 4.78 is 20.9. The molecule has 3 nitrogen and oxygen atoms in total. The Bertz CT molecular complexity index is 1920. The molecule has 6 aliphatic rings. The maximum Gasteiger partial charge on any atom is 0.338 e. The number of carbonyl (C=O) groups is 2. The number of fused-ring (bicyclic) bond motifs is 7. The van der Waals surface area contributed by atoms with Gasteiger partial charge < -0.3 is 4.74 Å². The van der Waals surface area contributed by atoms with E-state index in [2.05, 4.69) is 84.9 Å². The first kappa shape index (κ1) is 38.6. The van der Waals surface area contributed by atoms with Gasteiger partial charge >= 0.3 is 5.97 Å². The van der Waals surface area contributed by atoms with E-state index in [9.17, 15) is 14.0 Å². The van der Waals surface area contributed by atoms with Crippen molar-refractivity contribution < 1.29 is 18.7 Å². The minimum Gasteiger partial charge on any atom is -0.461 e. The van der Waals surface area contributed by atoms with Crippen molar-refractivity contribution in [1.29, 1.82) is 0 Å². The van der Waals surface area contributed by atoms with Gasteiger partial charge in [0.1, 0.15) is 6.61 Å². The van der Waals surface area contributed by atoms with E-state index >= 15 is 0 Å². The first-order valence-corrected chi connectivity index (χ1v) is 21.6. The zero-order valence-electron chi connectivity index (χ0n) is 34.7. The van der Waals surface area contributed by atoms with Crippen LogP contribution in [0, 0.1) is 56.2 Å². The molecular weight excluding hydrogens is 680 g/mol. The van der Waals surface area contributed by atoms with Crippen LogP contribution in [0.4, 0.5) is 4.39 Å². The summed E-state index contributed by atoms with van der Waals surface area (Å²) >= 11 is 0. The molecule has 0 N–H and O–H groups in total. The molecule has 3 fully saturated rings. The van der Waals surface area contributed by atoms with Crippen molar-refractivity contribution in [2.45, 2.75) is 126 Å².